The zero-order valence-corrected chi connectivity index (χ0v) is 22.3. The smallest absolute Gasteiger partial charge is 0.277 e. The standard InChI is InChI=1S/C25H34N6O5S/c1-4-6-21-27-16(3)22-24(32)28-23(29-31(21)22)19-13-18(7-8-20(19)35-5-2)37(33,34)30-11-9-25(10-12-30)14-17(26)15-36-25/h7-8,13,17H,4-6,9-12,14-15,26H2,1-3H3,(H,28,29,32). The summed E-state index contributed by atoms with van der Waals surface area (Å²) in [5, 5.41) is 4.66. The van der Waals surface area contributed by atoms with Crippen molar-refractivity contribution < 1.29 is 17.9 Å². The molecule has 2 saturated heterocycles. The Morgan fingerprint density at radius 1 is 1.27 bits per heavy atom. The highest BCUT2D eigenvalue weighted by Crippen LogP contribution is 2.38. The number of hydrogen-bond donors (Lipinski definition) is 2. The van der Waals surface area contributed by atoms with Crippen LogP contribution in [-0.2, 0) is 21.2 Å². The molecule has 2 aliphatic heterocycles. The van der Waals surface area contributed by atoms with E-state index in [1.165, 1.54) is 16.4 Å². The maximum absolute atomic E-state index is 13.6. The highest BCUT2D eigenvalue weighted by atomic mass is 32.2. The van der Waals surface area contributed by atoms with Gasteiger partial charge in [-0.15, -0.1) is 5.10 Å². The van der Waals surface area contributed by atoms with E-state index >= 15 is 0 Å². The third-order valence-corrected chi connectivity index (χ3v) is 9.13. The van der Waals surface area contributed by atoms with Crippen LogP contribution in [0.3, 0.4) is 0 Å². The monoisotopic (exact) mass is 530 g/mol. The van der Waals surface area contributed by atoms with Crippen LogP contribution in [0.15, 0.2) is 27.9 Å². The maximum atomic E-state index is 13.6. The molecule has 1 atom stereocenters. The minimum absolute atomic E-state index is 0.000876. The number of sulfonamides is 1. The molecule has 200 valence electrons. The van der Waals surface area contributed by atoms with Crippen molar-refractivity contribution in [2.45, 2.75) is 69.4 Å². The Hall–Kier alpha value is -2.80. The molecule has 0 amide bonds. The molecule has 4 heterocycles. The van der Waals surface area contributed by atoms with Gasteiger partial charge in [0, 0.05) is 25.6 Å². The largest absolute Gasteiger partial charge is 0.493 e. The van der Waals surface area contributed by atoms with Crippen molar-refractivity contribution in [2.24, 2.45) is 5.73 Å². The maximum Gasteiger partial charge on any atom is 0.277 e. The number of hydrogen-bond acceptors (Lipinski definition) is 8. The van der Waals surface area contributed by atoms with Gasteiger partial charge in [-0.2, -0.15) is 4.31 Å². The van der Waals surface area contributed by atoms with Gasteiger partial charge in [-0.05, 0) is 57.7 Å². The van der Waals surface area contributed by atoms with E-state index in [1.807, 2.05) is 13.8 Å². The Morgan fingerprint density at radius 2 is 2.03 bits per heavy atom. The number of ether oxygens (including phenoxy) is 2. The summed E-state index contributed by atoms with van der Waals surface area (Å²) in [6, 6.07) is 4.68. The first-order valence-corrected chi connectivity index (χ1v) is 14.3. The fourth-order valence-corrected chi connectivity index (χ4v) is 6.86. The van der Waals surface area contributed by atoms with Crippen molar-refractivity contribution in [1.82, 2.24) is 23.9 Å². The second kappa shape index (κ2) is 9.82. The van der Waals surface area contributed by atoms with Crippen LogP contribution in [0, 0.1) is 6.92 Å². The van der Waals surface area contributed by atoms with Crippen LogP contribution in [0.1, 0.15) is 51.0 Å². The second-order valence-corrected chi connectivity index (χ2v) is 11.8. The molecule has 11 nitrogen and oxygen atoms in total. The summed E-state index contributed by atoms with van der Waals surface area (Å²) in [6.45, 7) is 7.24. The summed E-state index contributed by atoms with van der Waals surface area (Å²) in [5.41, 5.74) is 6.73. The van der Waals surface area contributed by atoms with Crippen molar-refractivity contribution in [3.8, 4) is 17.1 Å². The van der Waals surface area contributed by atoms with E-state index in [0.29, 0.717) is 73.9 Å². The average Bonchev–Trinajstić information content (AvgIpc) is 3.39. The van der Waals surface area contributed by atoms with Crippen LogP contribution in [0.5, 0.6) is 5.75 Å². The number of aromatic nitrogens is 4. The van der Waals surface area contributed by atoms with Gasteiger partial charge in [0.25, 0.3) is 5.56 Å². The van der Waals surface area contributed by atoms with Gasteiger partial charge in [-0.25, -0.2) is 17.9 Å². The minimum Gasteiger partial charge on any atom is -0.493 e. The highest BCUT2D eigenvalue weighted by molar-refractivity contribution is 7.89. The summed E-state index contributed by atoms with van der Waals surface area (Å²) < 4.78 is 42.1. The quantitative estimate of drug-likeness (QED) is 0.472. The number of benzene rings is 1. The molecule has 37 heavy (non-hydrogen) atoms. The number of aromatic amines is 1. The van der Waals surface area contributed by atoms with E-state index in [9.17, 15) is 13.2 Å². The molecule has 5 rings (SSSR count). The Bertz CT molecular complexity index is 1470. The lowest BCUT2D eigenvalue weighted by Crippen LogP contribution is -2.46. The Balaban J connectivity index is 1.53. The topological polar surface area (TPSA) is 145 Å². The predicted molar refractivity (Wildman–Crippen MR) is 138 cm³/mol. The van der Waals surface area contributed by atoms with Gasteiger partial charge in [-0.3, -0.25) is 4.79 Å². The molecule has 0 bridgehead atoms. The molecular formula is C25H34N6O5S. The molecule has 3 N–H and O–H groups in total. The molecule has 1 aromatic carbocycles. The van der Waals surface area contributed by atoms with Crippen LogP contribution < -0.4 is 16.0 Å². The van der Waals surface area contributed by atoms with E-state index in [2.05, 4.69) is 15.1 Å². The first kappa shape index (κ1) is 25.8. The summed E-state index contributed by atoms with van der Waals surface area (Å²) in [7, 11) is -3.80. The SMILES string of the molecule is CCCc1nc(C)c2c(=O)[nH]c(-c3cc(S(=O)(=O)N4CCC5(CC4)CC(N)CO5)ccc3OCC)nn12. The molecular weight excluding hydrogens is 496 g/mol. The Labute approximate surface area is 216 Å². The molecule has 2 aliphatic rings. The number of nitrogens with one attached hydrogen (secondary N) is 1. The predicted octanol–water partition coefficient (Wildman–Crippen LogP) is 2.02. The lowest BCUT2D eigenvalue weighted by atomic mass is 9.88. The third kappa shape index (κ3) is 4.67. The van der Waals surface area contributed by atoms with Crippen LogP contribution >= 0.6 is 0 Å². The van der Waals surface area contributed by atoms with Crippen molar-refractivity contribution in [3.05, 3.63) is 40.1 Å². The zero-order chi connectivity index (χ0) is 26.4. The summed E-state index contributed by atoms with van der Waals surface area (Å²) in [5.74, 6) is 1.34. The van der Waals surface area contributed by atoms with E-state index < -0.39 is 10.0 Å². The van der Waals surface area contributed by atoms with Crippen LogP contribution in [0.2, 0.25) is 0 Å². The van der Waals surface area contributed by atoms with Crippen molar-refractivity contribution >= 4 is 15.5 Å². The second-order valence-electron chi connectivity index (χ2n) is 9.88. The zero-order valence-electron chi connectivity index (χ0n) is 21.5. The Morgan fingerprint density at radius 3 is 2.68 bits per heavy atom. The number of nitrogens with two attached hydrogens (primary N) is 1. The lowest BCUT2D eigenvalue weighted by molar-refractivity contribution is -0.0310. The van der Waals surface area contributed by atoms with Gasteiger partial charge in [0.2, 0.25) is 10.0 Å². The number of nitrogens with zero attached hydrogens (tertiary/aromatic N) is 4. The number of imidazole rings is 1. The summed E-state index contributed by atoms with van der Waals surface area (Å²) in [6.07, 6.45) is 3.46. The fourth-order valence-electron chi connectivity index (χ4n) is 5.39. The Kier molecular flexibility index (Phi) is 6.86. The van der Waals surface area contributed by atoms with Crippen LogP contribution in [-0.4, -0.2) is 70.3 Å². The first-order chi connectivity index (χ1) is 17.7. The molecule has 1 unspecified atom stereocenters. The number of fused-ring (bicyclic) bond motifs is 1. The van der Waals surface area contributed by atoms with Crippen molar-refractivity contribution in [2.75, 3.05) is 26.3 Å². The minimum atomic E-state index is -3.80. The van der Waals surface area contributed by atoms with Gasteiger partial charge in [0.1, 0.15) is 11.6 Å². The van der Waals surface area contributed by atoms with Gasteiger partial charge < -0.3 is 20.2 Å². The normalized spacial score (nSPS) is 20.2. The van der Waals surface area contributed by atoms with Gasteiger partial charge in [-0.1, -0.05) is 6.92 Å². The molecule has 12 heteroatoms. The summed E-state index contributed by atoms with van der Waals surface area (Å²) in [4.78, 5) is 20.5. The van der Waals surface area contributed by atoms with E-state index in [4.69, 9.17) is 15.2 Å². The molecule has 1 spiro atoms. The number of piperidine rings is 1. The lowest BCUT2D eigenvalue weighted by Gasteiger charge is -2.38. The van der Waals surface area contributed by atoms with Crippen LogP contribution in [0.4, 0.5) is 0 Å². The summed E-state index contributed by atoms with van der Waals surface area (Å²) >= 11 is 0. The van der Waals surface area contributed by atoms with E-state index in [1.54, 1.807) is 17.5 Å². The van der Waals surface area contributed by atoms with Gasteiger partial charge >= 0.3 is 0 Å². The number of H-pyrrole nitrogens is 1. The number of aryl methyl sites for hydroxylation is 2. The van der Waals surface area contributed by atoms with Crippen molar-refractivity contribution in [1.29, 1.82) is 0 Å². The molecule has 0 aliphatic carbocycles. The average molecular weight is 531 g/mol. The molecule has 0 saturated carbocycles. The third-order valence-electron chi connectivity index (χ3n) is 7.23. The highest BCUT2D eigenvalue weighted by Gasteiger charge is 2.44. The number of rotatable bonds is 7. The van der Waals surface area contributed by atoms with Gasteiger partial charge in [0.15, 0.2) is 11.3 Å². The molecule has 0 radical (unpaired) electrons. The molecule has 3 aromatic rings. The van der Waals surface area contributed by atoms with E-state index in [0.717, 1.165) is 12.8 Å². The molecule has 2 aromatic heterocycles. The van der Waals surface area contributed by atoms with Crippen LogP contribution in [0.25, 0.3) is 16.9 Å². The first-order valence-electron chi connectivity index (χ1n) is 12.8. The fraction of sp³-hybridized carbons (Fsp3) is 0.560. The van der Waals surface area contributed by atoms with E-state index in [-0.39, 0.29) is 27.9 Å². The van der Waals surface area contributed by atoms with Gasteiger partial charge in [0.05, 0.1) is 35.0 Å². The van der Waals surface area contributed by atoms with Crippen molar-refractivity contribution in [3.63, 3.8) is 0 Å². The molecule has 2 fully saturated rings.